The van der Waals surface area contributed by atoms with E-state index in [0.717, 1.165) is 11.1 Å². The first-order valence-corrected chi connectivity index (χ1v) is 10.2. The Kier molecular flexibility index (Phi) is 5.90. The van der Waals surface area contributed by atoms with Crippen molar-refractivity contribution in [2.45, 2.75) is 32.4 Å². The van der Waals surface area contributed by atoms with Crippen LogP contribution in [0.5, 0.6) is 11.5 Å². The van der Waals surface area contributed by atoms with Crippen molar-refractivity contribution in [1.82, 2.24) is 15.0 Å². The first-order valence-electron chi connectivity index (χ1n) is 9.77. The van der Waals surface area contributed by atoms with E-state index in [1.54, 1.807) is 12.0 Å². The molecule has 30 heavy (non-hydrogen) atoms. The van der Waals surface area contributed by atoms with E-state index in [1.165, 1.54) is 0 Å². The molecule has 0 N–H and O–H groups in total. The maximum absolute atomic E-state index is 12.5. The van der Waals surface area contributed by atoms with Crippen LogP contribution >= 0.6 is 11.6 Å². The molecule has 3 aromatic rings. The molecule has 7 nitrogen and oxygen atoms in total. The third-order valence-corrected chi connectivity index (χ3v) is 5.29. The third kappa shape index (κ3) is 4.11. The molecule has 1 fully saturated rings. The van der Waals surface area contributed by atoms with E-state index in [-0.39, 0.29) is 11.9 Å². The number of carbonyl (C=O) groups is 1. The summed E-state index contributed by atoms with van der Waals surface area (Å²) in [5, 5.41) is 4.78. The van der Waals surface area contributed by atoms with Crippen LogP contribution in [0.2, 0.25) is 5.02 Å². The zero-order valence-electron chi connectivity index (χ0n) is 16.8. The molecule has 0 saturated carbocycles. The Labute approximate surface area is 179 Å². The first kappa shape index (κ1) is 20.2. The molecule has 0 spiro atoms. The number of likely N-dealkylation sites (tertiary alicyclic amines) is 1. The molecule has 1 aromatic heterocycles. The normalized spacial score (nSPS) is 16.2. The van der Waals surface area contributed by atoms with Gasteiger partial charge in [-0.2, -0.15) is 4.98 Å². The van der Waals surface area contributed by atoms with Gasteiger partial charge in [0, 0.05) is 23.6 Å². The number of carbonyl (C=O) groups excluding carboxylic acids is 1. The molecular formula is C22H22ClN3O4. The lowest BCUT2D eigenvalue weighted by molar-refractivity contribution is -0.129. The summed E-state index contributed by atoms with van der Waals surface area (Å²) in [5.74, 6) is 2.19. The molecule has 8 heteroatoms. The molecule has 1 amide bonds. The van der Waals surface area contributed by atoms with Crippen molar-refractivity contribution in [3.8, 4) is 22.9 Å². The molecule has 1 saturated heterocycles. The minimum Gasteiger partial charge on any atom is -0.493 e. The van der Waals surface area contributed by atoms with E-state index in [0.29, 0.717) is 54.2 Å². The zero-order valence-corrected chi connectivity index (χ0v) is 17.6. The number of rotatable bonds is 7. The van der Waals surface area contributed by atoms with Gasteiger partial charge in [-0.25, -0.2) is 0 Å². The fourth-order valence-corrected chi connectivity index (χ4v) is 3.67. The van der Waals surface area contributed by atoms with Gasteiger partial charge in [-0.3, -0.25) is 4.79 Å². The van der Waals surface area contributed by atoms with E-state index >= 15 is 0 Å². The van der Waals surface area contributed by atoms with E-state index in [4.69, 9.17) is 25.6 Å². The molecule has 2 aromatic carbocycles. The summed E-state index contributed by atoms with van der Waals surface area (Å²) in [4.78, 5) is 18.8. The molecule has 2 heterocycles. The Morgan fingerprint density at radius 1 is 1.20 bits per heavy atom. The van der Waals surface area contributed by atoms with Gasteiger partial charge in [-0.15, -0.1) is 0 Å². The highest BCUT2D eigenvalue weighted by Gasteiger charge is 2.36. The number of benzene rings is 2. The number of methoxy groups -OCH3 is 1. The number of amides is 1. The summed E-state index contributed by atoms with van der Waals surface area (Å²) < 4.78 is 16.5. The van der Waals surface area contributed by atoms with Gasteiger partial charge in [-0.05, 0) is 49.2 Å². The van der Waals surface area contributed by atoms with Crippen LogP contribution in [0.4, 0.5) is 0 Å². The predicted molar refractivity (Wildman–Crippen MR) is 111 cm³/mol. The number of hydrogen-bond acceptors (Lipinski definition) is 6. The Balaban J connectivity index is 1.56. The SMILES string of the molecule is CCOc1ccc(-c2noc(C3CCC(=O)N3Cc3ccc(Cl)cc3)n2)cc1OC. The van der Waals surface area contributed by atoms with Crippen LogP contribution < -0.4 is 9.47 Å². The lowest BCUT2D eigenvalue weighted by Gasteiger charge is -2.22. The number of nitrogens with zero attached hydrogens (tertiary/aromatic N) is 3. The minimum atomic E-state index is -0.251. The molecule has 1 unspecified atom stereocenters. The topological polar surface area (TPSA) is 77.7 Å². The van der Waals surface area contributed by atoms with Gasteiger partial charge in [0.1, 0.15) is 6.04 Å². The fourth-order valence-electron chi connectivity index (χ4n) is 3.54. The smallest absolute Gasteiger partial charge is 0.249 e. The molecule has 1 atom stereocenters. The second-order valence-corrected chi connectivity index (χ2v) is 7.39. The van der Waals surface area contributed by atoms with Gasteiger partial charge < -0.3 is 18.9 Å². The molecule has 0 aliphatic carbocycles. The summed E-state index contributed by atoms with van der Waals surface area (Å²) in [6, 6.07) is 12.7. The maximum Gasteiger partial charge on any atom is 0.249 e. The Morgan fingerprint density at radius 2 is 2.00 bits per heavy atom. The molecule has 0 radical (unpaired) electrons. The summed E-state index contributed by atoms with van der Waals surface area (Å²) in [6.07, 6.45) is 1.09. The van der Waals surface area contributed by atoms with E-state index in [9.17, 15) is 4.79 Å². The molecule has 4 rings (SSSR count). The fraction of sp³-hybridized carbons (Fsp3) is 0.318. The minimum absolute atomic E-state index is 0.0671. The van der Waals surface area contributed by atoms with Gasteiger partial charge in [0.15, 0.2) is 11.5 Å². The van der Waals surface area contributed by atoms with Crippen molar-refractivity contribution in [2.24, 2.45) is 0 Å². The second-order valence-electron chi connectivity index (χ2n) is 6.96. The predicted octanol–water partition coefficient (Wildman–Crippen LogP) is 4.66. The molecule has 1 aliphatic rings. The average molecular weight is 428 g/mol. The summed E-state index contributed by atoms with van der Waals surface area (Å²) in [6.45, 7) is 2.92. The van der Waals surface area contributed by atoms with Gasteiger partial charge in [0.05, 0.1) is 13.7 Å². The monoisotopic (exact) mass is 427 g/mol. The van der Waals surface area contributed by atoms with Crippen molar-refractivity contribution in [2.75, 3.05) is 13.7 Å². The first-order chi connectivity index (χ1) is 14.6. The summed E-state index contributed by atoms with van der Waals surface area (Å²) in [5.41, 5.74) is 1.74. The number of halogens is 1. The standard InChI is InChI=1S/C22H22ClN3O4/c1-3-29-18-10-6-15(12-19(18)28-2)21-24-22(30-25-21)17-9-11-20(27)26(17)13-14-4-7-16(23)8-5-14/h4-8,10,12,17H,3,9,11,13H2,1-2H3. The van der Waals surface area contributed by atoms with Crippen LogP contribution in [-0.2, 0) is 11.3 Å². The van der Waals surface area contributed by atoms with Gasteiger partial charge in [-0.1, -0.05) is 28.9 Å². The third-order valence-electron chi connectivity index (χ3n) is 5.04. The van der Waals surface area contributed by atoms with E-state index < -0.39 is 0 Å². The van der Waals surface area contributed by atoms with Crippen LogP contribution in [0, 0.1) is 0 Å². The summed E-state index contributed by atoms with van der Waals surface area (Å²) >= 11 is 5.96. The van der Waals surface area contributed by atoms with Crippen molar-refractivity contribution in [1.29, 1.82) is 0 Å². The van der Waals surface area contributed by atoms with Crippen LogP contribution in [0.1, 0.15) is 37.3 Å². The van der Waals surface area contributed by atoms with Crippen LogP contribution in [-0.4, -0.2) is 34.7 Å². The molecule has 156 valence electrons. The highest BCUT2D eigenvalue weighted by atomic mass is 35.5. The van der Waals surface area contributed by atoms with Gasteiger partial charge in [0.2, 0.25) is 17.6 Å². The largest absolute Gasteiger partial charge is 0.493 e. The van der Waals surface area contributed by atoms with Crippen LogP contribution in [0.25, 0.3) is 11.4 Å². The molecule has 0 bridgehead atoms. The Morgan fingerprint density at radius 3 is 2.73 bits per heavy atom. The Bertz CT molecular complexity index is 1040. The van der Waals surface area contributed by atoms with E-state index in [2.05, 4.69) is 10.1 Å². The average Bonchev–Trinajstić information content (AvgIpc) is 3.37. The lowest BCUT2D eigenvalue weighted by atomic mass is 10.1. The van der Waals surface area contributed by atoms with Crippen molar-refractivity contribution >= 4 is 17.5 Å². The van der Waals surface area contributed by atoms with Crippen LogP contribution in [0.3, 0.4) is 0 Å². The van der Waals surface area contributed by atoms with E-state index in [1.807, 2.05) is 49.4 Å². The highest BCUT2D eigenvalue weighted by molar-refractivity contribution is 6.30. The van der Waals surface area contributed by atoms with Crippen molar-refractivity contribution in [3.05, 3.63) is 58.9 Å². The molecular weight excluding hydrogens is 406 g/mol. The second kappa shape index (κ2) is 8.75. The molecule has 1 aliphatic heterocycles. The lowest BCUT2D eigenvalue weighted by Crippen LogP contribution is -2.27. The number of hydrogen-bond donors (Lipinski definition) is 0. The quantitative estimate of drug-likeness (QED) is 0.545. The summed E-state index contributed by atoms with van der Waals surface area (Å²) in [7, 11) is 1.59. The zero-order chi connectivity index (χ0) is 21.1. The van der Waals surface area contributed by atoms with Gasteiger partial charge >= 0.3 is 0 Å². The Hall–Kier alpha value is -3.06. The maximum atomic E-state index is 12.5. The highest BCUT2D eigenvalue weighted by Crippen LogP contribution is 2.36. The number of aromatic nitrogens is 2. The van der Waals surface area contributed by atoms with Crippen LogP contribution in [0.15, 0.2) is 47.0 Å². The van der Waals surface area contributed by atoms with Crippen molar-refractivity contribution < 1.29 is 18.8 Å². The van der Waals surface area contributed by atoms with Gasteiger partial charge in [0.25, 0.3) is 0 Å². The van der Waals surface area contributed by atoms with Crippen molar-refractivity contribution in [3.63, 3.8) is 0 Å². The number of ether oxygens (including phenoxy) is 2.